The fourth-order valence-corrected chi connectivity index (χ4v) is 2.23. The summed E-state index contributed by atoms with van der Waals surface area (Å²) in [4.78, 5) is 35.9. The van der Waals surface area contributed by atoms with Gasteiger partial charge in [-0.05, 0) is 30.7 Å². The van der Waals surface area contributed by atoms with Crippen molar-refractivity contribution in [3.8, 4) is 11.5 Å². The van der Waals surface area contributed by atoms with Crippen LogP contribution in [0, 0.1) is 0 Å². The smallest absolute Gasteiger partial charge is 0.359 e. The Labute approximate surface area is 150 Å². The molecule has 8 heteroatoms. The largest absolute Gasteiger partial charge is 0.493 e. The first-order valence-electron chi connectivity index (χ1n) is 8.00. The predicted octanol–water partition coefficient (Wildman–Crippen LogP) is 1.71. The van der Waals surface area contributed by atoms with E-state index in [0.717, 1.165) is 0 Å². The molecular weight excluding hydrogens is 340 g/mol. The molecule has 0 saturated carbocycles. The van der Waals surface area contributed by atoms with Crippen LogP contribution >= 0.6 is 0 Å². The van der Waals surface area contributed by atoms with E-state index in [1.165, 1.54) is 37.1 Å². The molecular formula is C18H20N2O6. The number of carbonyl (C=O) groups excluding carboxylic acids is 2. The number of hydrogen-bond donors (Lipinski definition) is 0. The van der Waals surface area contributed by atoms with Gasteiger partial charge in [-0.3, -0.25) is 9.59 Å². The lowest BCUT2D eigenvalue weighted by Crippen LogP contribution is -2.25. The van der Waals surface area contributed by atoms with E-state index in [-0.39, 0.29) is 11.3 Å². The van der Waals surface area contributed by atoms with Gasteiger partial charge in [0.15, 0.2) is 29.6 Å². The van der Waals surface area contributed by atoms with E-state index in [4.69, 9.17) is 14.2 Å². The number of ether oxygens (including phenoxy) is 3. The third kappa shape index (κ3) is 4.47. The van der Waals surface area contributed by atoms with Crippen LogP contribution < -0.4 is 15.0 Å². The van der Waals surface area contributed by atoms with Crippen LogP contribution in [0.3, 0.4) is 0 Å². The monoisotopic (exact) mass is 360 g/mol. The minimum absolute atomic E-state index is 0.0295. The number of ketones is 1. The van der Waals surface area contributed by atoms with Crippen molar-refractivity contribution < 1.29 is 23.8 Å². The van der Waals surface area contributed by atoms with Gasteiger partial charge in [-0.1, -0.05) is 6.92 Å². The molecule has 0 amide bonds. The molecule has 0 atom stereocenters. The summed E-state index contributed by atoms with van der Waals surface area (Å²) >= 11 is 0. The zero-order chi connectivity index (χ0) is 19.1. The van der Waals surface area contributed by atoms with Crippen molar-refractivity contribution in [1.82, 2.24) is 9.78 Å². The molecule has 1 aromatic heterocycles. The van der Waals surface area contributed by atoms with E-state index in [1.54, 1.807) is 12.1 Å². The molecule has 0 bridgehead atoms. The Balaban J connectivity index is 2.06. The maximum absolute atomic E-state index is 12.2. The fraction of sp³-hybridized carbons (Fsp3) is 0.333. The molecule has 0 aliphatic heterocycles. The Morgan fingerprint density at radius 1 is 1.08 bits per heavy atom. The van der Waals surface area contributed by atoms with Crippen LogP contribution in [0.5, 0.6) is 11.5 Å². The Hall–Kier alpha value is -3.16. The molecule has 0 aliphatic rings. The molecule has 2 aromatic rings. The van der Waals surface area contributed by atoms with Crippen LogP contribution in [0.4, 0.5) is 0 Å². The average molecular weight is 360 g/mol. The highest BCUT2D eigenvalue weighted by Crippen LogP contribution is 2.27. The number of carbonyl (C=O) groups is 2. The van der Waals surface area contributed by atoms with E-state index in [1.807, 2.05) is 6.92 Å². The highest BCUT2D eigenvalue weighted by atomic mass is 16.5. The third-order valence-corrected chi connectivity index (χ3v) is 3.55. The molecule has 138 valence electrons. The van der Waals surface area contributed by atoms with Crippen molar-refractivity contribution in [3.05, 3.63) is 51.9 Å². The highest BCUT2D eigenvalue weighted by Gasteiger charge is 2.16. The number of nitrogens with zero attached hydrogens (tertiary/aromatic N) is 2. The van der Waals surface area contributed by atoms with Crippen LogP contribution in [0.2, 0.25) is 0 Å². The van der Waals surface area contributed by atoms with Crippen molar-refractivity contribution in [2.24, 2.45) is 0 Å². The van der Waals surface area contributed by atoms with Crippen molar-refractivity contribution in [3.63, 3.8) is 0 Å². The molecule has 2 rings (SSSR count). The SMILES string of the molecule is CCCn1nc(C(=O)OCC(=O)c2ccc(OC)c(OC)c2)ccc1=O. The first-order valence-corrected chi connectivity index (χ1v) is 8.00. The van der Waals surface area contributed by atoms with Gasteiger partial charge in [-0.2, -0.15) is 5.10 Å². The van der Waals surface area contributed by atoms with Crippen molar-refractivity contribution >= 4 is 11.8 Å². The van der Waals surface area contributed by atoms with Crippen molar-refractivity contribution in [2.75, 3.05) is 20.8 Å². The molecule has 8 nitrogen and oxygen atoms in total. The Kier molecular flexibility index (Phi) is 6.48. The normalized spacial score (nSPS) is 10.3. The summed E-state index contributed by atoms with van der Waals surface area (Å²) in [5, 5.41) is 3.94. The first kappa shape index (κ1) is 19.2. The zero-order valence-corrected chi connectivity index (χ0v) is 14.9. The molecule has 0 aliphatic carbocycles. The minimum atomic E-state index is -0.774. The topological polar surface area (TPSA) is 96.7 Å². The molecule has 26 heavy (non-hydrogen) atoms. The molecule has 0 spiro atoms. The number of rotatable bonds is 8. The van der Waals surface area contributed by atoms with Gasteiger partial charge < -0.3 is 14.2 Å². The van der Waals surface area contributed by atoms with Gasteiger partial charge in [-0.15, -0.1) is 0 Å². The summed E-state index contributed by atoms with van der Waals surface area (Å²) in [6.07, 6.45) is 0.698. The number of aryl methyl sites for hydroxylation is 1. The second kappa shape index (κ2) is 8.80. The highest BCUT2D eigenvalue weighted by molar-refractivity contribution is 5.99. The van der Waals surface area contributed by atoms with Crippen LogP contribution in [0.1, 0.15) is 34.2 Å². The quantitative estimate of drug-likeness (QED) is 0.522. The minimum Gasteiger partial charge on any atom is -0.493 e. The lowest BCUT2D eigenvalue weighted by atomic mass is 10.1. The average Bonchev–Trinajstić information content (AvgIpc) is 2.67. The van der Waals surface area contributed by atoms with Crippen LogP contribution in [-0.4, -0.2) is 42.4 Å². The maximum atomic E-state index is 12.2. The zero-order valence-electron chi connectivity index (χ0n) is 14.9. The number of benzene rings is 1. The van der Waals surface area contributed by atoms with E-state index in [9.17, 15) is 14.4 Å². The summed E-state index contributed by atoms with van der Waals surface area (Å²) in [5.41, 5.74) is -0.0117. The number of Topliss-reactive ketones (excluding diaryl/α,β-unsaturated/α-hetero) is 1. The van der Waals surface area contributed by atoms with Gasteiger partial charge in [0.2, 0.25) is 0 Å². The van der Waals surface area contributed by atoms with Gasteiger partial charge in [-0.25, -0.2) is 9.48 Å². The third-order valence-electron chi connectivity index (χ3n) is 3.55. The number of aromatic nitrogens is 2. The molecule has 0 fully saturated rings. The molecule has 0 N–H and O–H groups in total. The standard InChI is InChI=1S/C18H20N2O6/c1-4-9-20-17(22)8-6-13(19-20)18(23)26-11-14(21)12-5-7-15(24-2)16(10-12)25-3/h5-8,10H,4,9,11H2,1-3H3. The number of methoxy groups -OCH3 is 2. The molecule has 0 saturated heterocycles. The van der Waals surface area contributed by atoms with Crippen molar-refractivity contribution in [1.29, 1.82) is 0 Å². The van der Waals surface area contributed by atoms with Gasteiger partial charge in [0.05, 0.1) is 14.2 Å². The first-order chi connectivity index (χ1) is 12.5. The summed E-state index contributed by atoms with van der Waals surface area (Å²) in [6, 6.07) is 7.18. The maximum Gasteiger partial charge on any atom is 0.359 e. The molecule has 0 radical (unpaired) electrons. The molecule has 1 aromatic carbocycles. The molecule has 0 unspecified atom stereocenters. The van der Waals surface area contributed by atoms with Gasteiger partial charge >= 0.3 is 5.97 Å². The van der Waals surface area contributed by atoms with Crippen LogP contribution in [0.25, 0.3) is 0 Å². The van der Waals surface area contributed by atoms with Crippen LogP contribution in [-0.2, 0) is 11.3 Å². The second-order valence-electron chi connectivity index (χ2n) is 5.35. The Morgan fingerprint density at radius 3 is 2.46 bits per heavy atom. The van der Waals surface area contributed by atoms with E-state index >= 15 is 0 Å². The fourth-order valence-electron chi connectivity index (χ4n) is 2.23. The van der Waals surface area contributed by atoms with Gasteiger partial charge in [0, 0.05) is 18.2 Å². The van der Waals surface area contributed by atoms with E-state index < -0.39 is 18.4 Å². The second-order valence-corrected chi connectivity index (χ2v) is 5.35. The van der Waals surface area contributed by atoms with E-state index in [2.05, 4.69) is 5.10 Å². The number of hydrogen-bond acceptors (Lipinski definition) is 7. The van der Waals surface area contributed by atoms with Crippen molar-refractivity contribution in [2.45, 2.75) is 19.9 Å². The Morgan fingerprint density at radius 2 is 1.81 bits per heavy atom. The summed E-state index contributed by atoms with van der Waals surface area (Å²) in [6.45, 7) is 1.83. The van der Waals surface area contributed by atoms with Gasteiger partial charge in [0.1, 0.15) is 0 Å². The van der Waals surface area contributed by atoms with E-state index in [0.29, 0.717) is 30.0 Å². The summed E-state index contributed by atoms with van der Waals surface area (Å²) < 4.78 is 16.4. The predicted molar refractivity (Wildman–Crippen MR) is 92.9 cm³/mol. The van der Waals surface area contributed by atoms with Crippen LogP contribution in [0.15, 0.2) is 35.1 Å². The number of esters is 1. The Bertz CT molecular complexity index is 859. The lowest BCUT2D eigenvalue weighted by molar-refractivity contribution is 0.0466. The summed E-state index contributed by atoms with van der Waals surface area (Å²) in [5.74, 6) is -0.286. The van der Waals surface area contributed by atoms with Gasteiger partial charge in [0.25, 0.3) is 5.56 Å². The molecule has 1 heterocycles. The summed E-state index contributed by atoms with van der Waals surface area (Å²) in [7, 11) is 2.95. The lowest BCUT2D eigenvalue weighted by Gasteiger charge is -2.09.